The highest BCUT2D eigenvalue weighted by Crippen LogP contribution is 2.00. The summed E-state index contributed by atoms with van der Waals surface area (Å²) >= 11 is 0. The molecule has 1 aromatic rings. The van der Waals surface area contributed by atoms with Crippen molar-refractivity contribution in [3.05, 3.63) is 29.6 Å². The van der Waals surface area contributed by atoms with Gasteiger partial charge in [0.1, 0.15) is 5.69 Å². The Morgan fingerprint density at radius 1 is 1.47 bits per heavy atom. The van der Waals surface area contributed by atoms with Crippen LogP contribution in [0.25, 0.3) is 0 Å². The van der Waals surface area contributed by atoms with Crippen LogP contribution in [0.3, 0.4) is 0 Å². The molecule has 0 aromatic carbocycles. The third kappa shape index (κ3) is 4.20. The van der Waals surface area contributed by atoms with Crippen LogP contribution >= 0.6 is 0 Å². The molecule has 0 aliphatic carbocycles. The number of nitrogens with one attached hydrogen (secondary N) is 1. The second kappa shape index (κ2) is 6.59. The van der Waals surface area contributed by atoms with Crippen molar-refractivity contribution in [2.45, 2.75) is 6.92 Å². The minimum atomic E-state index is -1.12. The second-order valence-corrected chi connectivity index (χ2v) is 3.19. The molecule has 0 radical (unpaired) electrons. The van der Waals surface area contributed by atoms with Gasteiger partial charge in [0.2, 0.25) is 0 Å². The minimum absolute atomic E-state index is 0.0872. The largest absolute Gasteiger partial charge is 0.477 e. The summed E-state index contributed by atoms with van der Waals surface area (Å²) in [6, 6.07) is 2.71. The lowest BCUT2D eigenvalue weighted by Gasteiger charge is -2.04. The minimum Gasteiger partial charge on any atom is -0.477 e. The fourth-order valence-corrected chi connectivity index (χ4v) is 1.14. The first-order valence-electron chi connectivity index (χ1n) is 5.20. The number of aromatic nitrogens is 1. The van der Waals surface area contributed by atoms with Gasteiger partial charge in [-0.1, -0.05) is 0 Å². The molecule has 0 atom stereocenters. The molecular formula is C11H14N2O4. The quantitative estimate of drug-likeness (QED) is 0.706. The molecular weight excluding hydrogens is 224 g/mol. The molecule has 1 rings (SSSR count). The summed E-state index contributed by atoms with van der Waals surface area (Å²) in [7, 11) is 0. The van der Waals surface area contributed by atoms with Crippen molar-refractivity contribution in [3.63, 3.8) is 0 Å². The maximum Gasteiger partial charge on any atom is 0.354 e. The summed E-state index contributed by atoms with van der Waals surface area (Å²) in [6.07, 6.45) is 1.24. The maximum absolute atomic E-state index is 11.5. The van der Waals surface area contributed by atoms with E-state index in [1.165, 1.54) is 18.3 Å². The number of carbonyl (C=O) groups is 2. The summed E-state index contributed by atoms with van der Waals surface area (Å²) in [4.78, 5) is 25.7. The van der Waals surface area contributed by atoms with E-state index in [9.17, 15) is 9.59 Å². The van der Waals surface area contributed by atoms with Gasteiger partial charge >= 0.3 is 5.97 Å². The van der Waals surface area contributed by atoms with Gasteiger partial charge in [0, 0.05) is 19.3 Å². The number of hydrogen-bond acceptors (Lipinski definition) is 4. The molecule has 17 heavy (non-hydrogen) atoms. The monoisotopic (exact) mass is 238 g/mol. The van der Waals surface area contributed by atoms with Crippen LogP contribution in [0.1, 0.15) is 27.8 Å². The van der Waals surface area contributed by atoms with Crippen molar-refractivity contribution in [2.75, 3.05) is 19.8 Å². The second-order valence-electron chi connectivity index (χ2n) is 3.19. The Balaban J connectivity index is 2.49. The molecule has 92 valence electrons. The number of aromatic carboxylic acids is 1. The number of ether oxygens (including phenoxy) is 1. The predicted octanol–water partition coefficient (Wildman–Crippen LogP) is 0.546. The van der Waals surface area contributed by atoms with Crippen LogP contribution in [0.4, 0.5) is 0 Å². The van der Waals surface area contributed by atoms with E-state index in [0.717, 1.165) is 0 Å². The fourth-order valence-electron chi connectivity index (χ4n) is 1.14. The van der Waals surface area contributed by atoms with E-state index in [4.69, 9.17) is 9.84 Å². The number of nitrogens with zero attached hydrogens (tertiary/aromatic N) is 1. The van der Waals surface area contributed by atoms with Crippen LogP contribution in [0.2, 0.25) is 0 Å². The summed E-state index contributed by atoms with van der Waals surface area (Å²) in [5.41, 5.74) is 0.238. The number of amides is 1. The van der Waals surface area contributed by atoms with E-state index < -0.39 is 5.97 Å². The van der Waals surface area contributed by atoms with Crippen molar-refractivity contribution >= 4 is 11.9 Å². The van der Waals surface area contributed by atoms with E-state index in [-0.39, 0.29) is 11.6 Å². The Hall–Kier alpha value is -1.95. The zero-order valence-electron chi connectivity index (χ0n) is 9.47. The Bertz CT molecular complexity index is 389. The number of rotatable bonds is 6. The molecule has 0 spiro atoms. The lowest BCUT2D eigenvalue weighted by atomic mass is 10.2. The maximum atomic E-state index is 11.5. The molecule has 0 saturated carbocycles. The van der Waals surface area contributed by atoms with E-state index in [1.807, 2.05) is 6.92 Å². The van der Waals surface area contributed by atoms with E-state index in [2.05, 4.69) is 10.3 Å². The van der Waals surface area contributed by atoms with Crippen LogP contribution in [0.5, 0.6) is 0 Å². The zero-order chi connectivity index (χ0) is 12.7. The molecule has 0 bridgehead atoms. The van der Waals surface area contributed by atoms with Crippen molar-refractivity contribution in [1.29, 1.82) is 0 Å². The predicted molar refractivity (Wildman–Crippen MR) is 60.0 cm³/mol. The molecule has 6 heteroatoms. The topological polar surface area (TPSA) is 88.5 Å². The molecule has 0 aliphatic rings. The van der Waals surface area contributed by atoms with Gasteiger partial charge < -0.3 is 15.2 Å². The molecule has 6 nitrogen and oxygen atoms in total. The average Bonchev–Trinajstić information content (AvgIpc) is 2.34. The normalized spacial score (nSPS) is 9.94. The molecule has 1 aromatic heterocycles. The van der Waals surface area contributed by atoms with E-state index in [1.54, 1.807) is 0 Å². The first kappa shape index (κ1) is 13.1. The third-order valence-corrected chi connectivity index (χ3v) is 1.98. The Labute approximate surface area is 98.6 Å². The van der Waals surface area contributed by atoms with Crippen LogP contribution in [0.15, 0.2) is 18.3 Å². The molecule has 1 amide bonds. The highest BCUT2D eigenvalue weighted by Gasteiger charge is 2.08. The molecule has 1 heterocycles. The van der Waals surface area contributed by atoms with Gasteiger partial charge in [-0.2, -0.15) is 0 Å². The molecule has 0 unspecified atom stereocenters. The number of pyridine rings is 1. The Morgan fingerprint density at radius 2 is 2.24 bits per heavy atom. The van der Waals surface area contributed by atoms with Crippen LogP contribution in [-0.2, 0) is 4.74 Å². The SMILES string of the molecule is CCOCCNC(=O)c1ccc(C(=O)O)nc1. The highest BCUT2D eigenvalue weighted by molar-refractivity contribution is 5.94. The van der Waals surface area contributed by atoms with Gasteiger partial charge in [-0.15, -0.1) is 0 Å². The first-order chi connectivity index (χ1) is 8.15. The molecule has 0 saturated heterocycles. The standard InChI is InChI=1S/C11H14N2O4/c1-2-17-6-5-12-10(14)8-3-4-9(11(15)16)13-7-8/h3-4,7H,2,5-6H2,1H3,(H,12,14)(H,15,16). The summed E-state index contributed by atoms with van der Waals surface area (Å²) < 4.78 is 5.06. The Kier molecular flexibility index (Phi) is 5.09. The van der Waals surface area contributed by atoms with Crippen LogP contribution in [-0.4, -0.2) is 41.7 Å². The summed E-state index contributed by atoms with van der Waals surface area (Å²) in [5, 5.41) is 11.3. The number of carboxylic acids is 1. The number of carboxylic acid groups (broad SMARTS) is 1. The van der Waals surface area contributed by atoms with Gasteiger partial charge in [-0.3, -0.25) is 4.79 Å². The summed E-state index contributed by atoms with van der Waals surface area (Å²) in [6.45, 7) is 3.33. The summed E-state index contributed by atoms with van der Waals surface area (Å²) in [5.74, 6) is -1.41. The van der Waals surface area contributed by atoms with Crippen molar-refractivity contribution < 1.29 is 19.4 Å². The third-order valence-electron chi connectivity index (χ3n) is 1.98. The zero-order valence-corrected chi connectivity index (χ0v) is 9.47. The van der Waals surface area contributed by atoms with Gasteiger partial charge in [0.25, 0.3) is 5.91 Å². The molecule has 0 fully saturated rings. The number of carbonyl (C=O) groups excluding carboxylic acids is 1. The van der Waals surface area contributed by atoms with Crippen molar-refractivity contribution in [3.8, 4) is 0 Å². The first-order valence-corrected chi connectivity index (χ1v) is 5.20. The number of hydrogen-bond donors (Lipinski definition) is 2. The lowest BCUT2D eigenvalue weighted by molar-refractivity contribution is 0.0689. The van der Waals surface area contributed by atoms with E-state index in [0.29, 0.717) is 25.3 Å². The fraction of sp³-hybridized carbons (Fsp3) is 0.364. The van der Waals surface area contributed by atoms with Crippen molar-refractivity contribution in [2.24, 2.45) is 0 Å². The van der Waals surface area contributed by atoms with Crippen molar-refractivity contribution in [1.82, 2.24) is 10.3 Å². The van der Waals surface area contributed by atoms with Crippen LogP contribution in [0, 0.1) is 0 Å². The highest BCUT2D eigenvalue weighted by atomic mass is 16.5. The smallest absolute Gasteiger partial charge is 0.354 e. The van der Waals surface area contributed by atoms with E-state index >= 15 is 0 Å². The van der Waals surface area contributed by atoms with Gasteiger partial charge in [-0.05, 0) is 19.1 Å². The Morgan fingerprint density at radius 3 is 2.76 bits per heavy atom. The average molecular weight is 238 g/mol. The van der Waals surface area contributed by atoms with Gasteiger partial charge in [-0.25, -0.2) is 9.78 Å². The van der Waals surface area contributed by atoms with Gasteiger partial charge in [0.15, 0.2) is 0 Å². The van der Waals surface area contributed by atoms with Gasteiger partial charge in [0.05, 0.1) is 12.2 Å². The molecule has 2 N–H and O–H groups in total. The molecule has 0 aliphatic heterocycles. The van der Waals surface area contributed by atoms with Crippen LogP contribution < -0.4 is 5.32 Å². The lowest BCUT2D eigenvalue weighted by Crippen LogP contribution is -2.27.